The van der Waals surface area contributed by atoms with Gasteiger partial charge in [0.05, 0.1) is 0 Å². The third-order valence-corrected chi connectivity index (χ3v) is 5.94. The fourth-order valence-corrected chi connectivity index (χ4v) is 3.59. The first-order valence-electron chi connectivity index (χ1n) is 5.13. The number of nitrogens with zero attached hydrogens (tertiary/aromatic N) is 2. The maximum absolute atomic E-state index is 11.7. The SMILES string of the molecule is CN(C)C(=O)C1CCN(S(=O)(=O)CBr)CC1. The summed E-state index contributed by atoms with van der Waals surface area (Å²) >= 11 is 2.97. The third-order valence-electron chi connectivity index (χ3n) is 2.78. The molecule has 0 radical (unpaired) electrons. The lowest BCUT2D eigenvalue weighted by Crippen LogP contribution is -2.42. The van der Waals surface area contributed by atoms with Crippen molar-refractivity contribution in [1.82, 2.24) is 9.21 Å². The number of carbonyl (C=O) groups is 1. The fraction of sp³-hybridized carbons (Fsp3) is 0.889. The Balaban J connectivity index is 2.55. The summed E-state index contributed by atoms with van der Waals surface area (Å²) < 4.78 is 24.5. The van der Waals surface area contributed by atoms with E-state index in [-0.39, 0.29) is 16.5 Å². The molecule has 0 bridgehead atoms. The van der Waals surface area contributed by atoms with Gasteiger partial charge in [0.15, 0.2) is 0 Å². The zero-order valence-electron chi connectivity index (χ0n) is 9.52. The van der Waals surface area contributed by atoms with Crippen LogP contribution in [0, 0.1) is 5.92 Å². The number of carbonyl (C=O) groups excluding carboxylic acids is 1. The number of halogens is 1. The van der Waals surface area contributed by atoms with Crippen molar-refractivity contribution in [2.24, 2.45) is 5.92 Å². The van der Waals surface area contributed by atoms with Gasteiger partial charge in [0.25, 0.3) is 0 Å². The van der Waals surface area contributed by atoms with Crippen molar-refractivity contribution in [3.8, 4) is 0 Å². The van der Waals surface area contributed by atoms with Gasteiger partial charge in [0, 0.05) is 33.1 Å². The molecule has 7 heteroatoms. The molecule has 0 N–H and O–H groups in total. The zero-order valence-corrected chi connectivity index (χ0v) is 11.9. The van der Waals surface area contributed by atoms with Crippen LogP contribution in [0.1, 0.15) is 12.8 Å². The molecule has 0 aliphatic carbocycles. The highest BCUT2D eigenvalue weighted by Gasteiger charge is 2.30. The first kappa shape index (κ1) is 13.9. The van der Waals surface area contributed by atoms with Gasteiger partial charge in [0.2, 0.25) is 15.9 Å². The number of hydrogen-bond donors (Lipinski definition) is 0. The molecule has 5 nitrogen and oxygen atoms in total. The van der Waals surface area contributed by atoms with E-state index in [9.17, 15) is 13.2 Å². The fourth-order valence-electron chi connectivity index (χ4n) is 1.82. The molecule has 0 saturated carbocycles. The molecule has 0 aromatic heterocycles. The molecule has 1 aliphatic rings. The second-order valence-corrected chi connectivity index (χ2v) is 7.40. The number of sulfonamides is 1. The predicted octanol–water partition coefficient (Wildman–Crippen LogP) is 0.469. The highest BCUT2D eigenvalue weighted by molar-refractivity contribution is 9.10. The molecular formula is C9H17BrN2O3S. The summed E-state index contributed by atoms with van der Waals surface area (Å²) in [7, 11) is 0.287. The third kappa shape index (κ3) is 3.18. The summed E-state index contributed by atoms with van der Waals surface area (Å²) in [4.78, 5) is 13.2. The molecule has 0 aromatic rings. The van der Waals surface area contributed by atoms with E-state index in [0.29, 0.717) is 25.9 Å². The van der Waals surface area contributed by atoms with Gasteiger partial charge in [-0.2, -0.15) is 0 Å². The summed E-state index contributed by atoms with van der Waals surface area (Å²) in [5, 5.41) is 0. The maximum Gasteiger partial charge on any atom is 0.225 e. The summed E-state index contributed by atoms with van der Waals surface area (Å²) in [5.74, 6) is 0.0627. The Hall–Kier alpha value is -0.140. The van der Waals surface area contributed by atoms with E-state index < -0.39 is 10.0 Å². The van der Waals surface area contributed by atoms with Crippen molar-refractivity contribution in [2.45, 2.75) is 12.8 Å². The van der Waals surface area contributed by atoms with E-state index in [1.807, 2.05) is 0 Å². The number of amides is 1. The summed E-state index contributed by atoms with van der Waals surface area (Å²) in [6, 6.07) is 0. The highest BCUT2D eigenvalue weighted by Crippen LogP contribution is 2.21. The van der Waals surface area contributed by atoms with Gasteiger partial charge in [-0.3, -0.25) is 4.79 Å². The second kappa shape index (κ2) is 5.46. The van der Waals surface area contributed by atoms with Crippen LogP contribution in [-0.2, 0) is 14.8 Å². The van der Waals surface area contributed by atoms with E-state index >= 15 is 0 Å². The standard InChI is InChI=1S/C9H17BrN2O3S/c1-11(2)9(13)8-3-5-12(6-4-8)16(14,15)7-10/h8H,3-7H2,1-2H3. The van der Waals surface area contributed by atoms with Gasteiger partial charge >= 0.3 is 0 Å². The van der Waals surface area contributed by atoms with Gasteiger partial charge in [0.1, 0.15) is 4.66 Å². The maximum atomic E-state index is 11.7. The molecule has 0 unspecified atom stereocenters. The first-order chi connectivity index (χ1) is 7.38. The lowest BCUT2D eigenvalue weighted by atomic mass is 9.97. The van der Waals surface area contributed by atoms with Gasteiger partial charge in [-0.25, -0.2) is 12.7 Å². The minimum atomic E-state index is -3.17. The first-order valence-corrected chi connectivity index (χ1v) is 7.86. The molecule has 16 heavy (non-hydrogen) atoms. The van der Waals surface area contributed by atoms with Gasteiger partial charge < -0.3 is 4.90 Å². The van der Waals surface area contributed by atoms with Crippen LogP contribution in [0.5, 0.6) is 0 Å². The molecule has 94 valence electrons. The molecule has 1 aliphatic heterocycles. The monoisotopic (exact) mass is 312 g/mol. The van der Waals surface area contributed by atoms with Crippen LogP contribution in [0.25, 0.3) is 0 Å². The molecule has 0 aromatic carbocycles. The number of piperidine rings is 1. The normalized spacial score (nSPS) is 19.7. The molecular weight excluding hydrogens is 296 g/mol. The largest absolute Gasteiger partial charge is 0.349 e. The van der Waals surface area contributed by atoms with Crippen molar-refractivity contribution in [2.75, 3.05) is 31.8 Å². The minimum Gasteiger partial charge on any atom is -0.349 e. The summed E-state index contributed by atoms with van der Waals surface area (Å²) in [6.45, 7) is 0.885. The zero-order chi connectivity index (χ0) is 12.3. The van der Waals surface area contributed by atoms with Gasteiger partial charge in [-0.15, -0.1) is 0 Å². The second-order valence-electron chi connectivity index (χ2n) is 4.13. The molecule has 1 saturated heterocycles. The van der Waals surface area contributed by atoms with E-state index in [0.717, 1.165) is 0 Å². The van der Waals surface area contributed by atoms with E-state index in [4.69, 9.17) is 0 Å². The van der Waals surface area contributed by atoms with E-state index in [2.05, 4.69) is 15.9 Å². The number of alkyl halides is 1. The Morgan fingerprint density at radius 2 is 1.88 bits per heavy atom. The molecule has 1 heterocycles. The van der Waals surface area contributed by atoms with Crippen LogP contribution < -0.4 is 0 Å². The Kier molecular flexibility index (Phi) is 4.75. The van der Waals surface area contributed by atoms with Crippen molar-refractivity contribution >= 4 is 31.9 Å². The van der Waals surface area contributed by atoms with Crippen LogP contribution in [0.3, 0.4) is 0 Å². The van der Waals surface area contributed by atoms with Crippen molar-refractivity contribution < 1.29 is 13.2 Å². The molecule has 0 spiro atoms. The Bertz CT molecular complexity index is 348. The van der Waals surface area contributed by atoms with Crippen LogP contribution in [0.15, 0.2) is 0 Å². The molecule has 1 fully saturated rings. The average molecular weight is 313 g/mol. The quantitative estimate of drug-likeness (QED) is 0.712. The molecule has 1 rings (SSSR count). The lowest BCUT2D eigenvalue weighted by Gasteiger charge is -2.31. The topological polar surface area (TPSA) is 57.7 Å². The van der Waals surface area contributed by atoms with E-state index in [1.165, 1.54) is 4.31 Å². The molecule has 0 atom stereocenters. The van der Waals surface area contributed by atoms with Crippen LogP contribution in [0.2, 0.25) is 0 Å². The Morgan fingerprint density at radius 1 is 1.38 bits per heavy atom. The number of hydrogen-bond acceptors (Lipinski definition) is 3. The molecule has 1 amide bonds. The predicted molar refractivity (Wildman–Crippen MR) is 65.7 cm³/mol. The van der Waals surface area contributed by atoms with Crippen molar-refractivity contribution in [3.05, 3.63) is 0 Å². The van der Waals surface area contributed by atoms with Gasteiger partial charge in [-0.05, 0) is 12.8 Å². The van der Waals surface area contributed by atoms with Gasteiger partial charge in [-0.1, -0.05) is 15.9 Å². The van der Waals surface area contributed by atoms with E-state index in [1.54, 1.807) is 19.0 Å². The highest BCUT2D eigenvalue weighted by atomic mass is 79.9. The lowest BCUT2D eigenvalue weighted by molar-refractivity contribution is -0.134. The Morgan fingerprint density at radius 3 is 2.25 bits per heavy atom. The van der Waals surface area contributed by atoms with Crippen LogP contribution in [0.4, 0.5) is 0 Å². The Labute approximate surface area is 105 Å². The van der Waals surface area contributed by atoms with Crippen LogP contribution in [-0.4, -0.2) is 55.4 Å². The smallest absolute Gasteiger partial charge is 0.225 e. The summed E-state index contributed by atoms with van der Waals surface area (Å²) in [6.07, 6.45) is 1.23. The number of rotatable bonds is 3. The van der Waals surface area contributed by atoms with Crippen LogP contribution >= 0.6 is 15.9 Å². The van der Waals surface area contributed by atoms with Crippen molar-refractivity contribution in [1.29, 1.82) is 0 Å². The average Bonchev–Trinajstić information content (AvgIpc) is 2.28. The van der Waals surface area contributed by atoms with Crippen molar-refractivity contribution in [3.63, 3.8) is 0 Å². The summed E-state index contributed by atoms with van der Waals surface area (Å²) in [5.41, 5.74) is 0. The minimum absolute atomic E-state index is 0.0308.